The third kappa shape index (κ3) is 10.7. The molecule has 0 fully saturated rings. The second kappa shape index (κ2) is 12.3. The van der Waals surface area contributed by atoms with Crippen LogP contribution < -0.4 is 5.32 Å². The third-order valence-corrected chi connectivity index (χ3v) is 3.13. The maximum absolute atomic E-state index is 9.61. The molecule has 2 unspecified atom stereocenters. The Morgan fingerprint density at radius 3 is 1.88 bits per heavy atom. The van der Waals surface area contributed by atoms with Gasteiger partial charge in [0.15, 0.2) is 0 Å². The fraction of sp³-hybridized carbons (Fsp3) is 1.00. The number of unbranched alkanes of at least 4 members (excludes halogenated alkanes) is 7. The Bertz CT molecular complexity index is 153. The normalized spacial score (nSPS) is 14.8. The van der Waals surface area contributed by atoms with Gasteiger partial charge in [-0.1, -0.05) is 65.2 Å². The summed E-state index contributed by atoms with van der Waals surface area (Å²) in [6.07, 6.45) is 9.43. The standard InChI is InChI=1S/C14H31NO2/c1-3-5-6-7-8-9-10-11-12-13(16)14(17)15-4-2/h13-17H,3-12H2,1-2H3. The van der Waals surface area contributed by atoms with Gasteiger partial charge in [0.1, 0.15) is 6.23 Å². The summed E-state index contributed by atoms with van der Waals surface area (Å²) >= 11 is 0. The van der Waals surface area contributed by atoms with E-state index in [1.807, 2.05) is 6.92 Å². The average molecular weight is 245 g/mol. The molecule has 3 heteroatoms. The Morgan fingerprint density at radius 2 is 1.35 bits per heavy atom. The van der Waals surface area contributed by atoms with Crippen molar-refractivity contribution in [2.24, 2.45) is 0 Å². The van der Waals surface area contributed by atoms with Crippen LogP contribution in [0.25, 0.3) is 0 Å². The fourth-order valence-electron chi connectivity index (χ4n) is 1.99. The smallest absolute Gasteiger partial charge is 0.131 e. The van der Waals surface area contributed by atoms with Crippen LogP contribution in [0.4, 0.5) is 0 Å². The molecule has 0 aromatic carbocycles. The maximum atomic E-state index is 9.61. The molecule has 3 N–H and O–H groups in total. The Hall–Kier alpha value is -0.120. The summed E-state index contributed by atoms with van der Waals surface area (Å²) in [6, 6.07) is 0. The second-order valence-electron chi connectivity index (χ2n) is 4.83. The molecule has 0 rings (SSSR count). The van der Waals surface area contributed by atoms with Crippen molar-refractivity contribution in [1.82, 2.24) is 5.32 Å². The van der Waals surface area contributed by atoms with Gasteiger partial charge in [-0.3, -0.25) is 5.32 Å². The number of aliphatic hydroxyl groups is 2. The topological polar surface area (TPSA) is 52.5 Å². The summed E-state index contributed by atoms with van der Waals surface area (Å²) in [4.78, 5) is 0. The summed E-state index contributed by atoms with van der Waals surface area (Å²) in [5.41, 5.74) is 0. The first kappa shape index (κ1) is 16.9. The van der Waals surface area contributed by atoms with Crippen molar-refractivity contribution in [3.05, 3.63) is 0 Å². The van der Waals surface area contributed by atoms with Gasteiger partial charge >= 0.3 is 0 Å². The molecule has 0 aromatic rings. The first-order valence-electron chi connectivity index (χ1n) is 7.31. The van der Waals surface area contributed by atoms with Crippen LogP contribution in [0, 0.1) is 0 Å². The molecule has 3 nitrogen and oxygen atoms in total. The van der Waals surface area contributed by atoms with E-state index < -0.39 is 12.3 Å². The Kier molecular flexibility index (Phi) is 12.3. The van der Waals surface area contributed by atoms with Gasteiger partial charge in [-0.05, 0) is 13.0 Å². The van der Waals surface area contributed by atoms with Crippen LogP contribution in [-0.4, -0.2) is 29.1 Å². The van der Waals surface area contributed by atoms with Crippen molar-refractivity contribution in [3.8, 4) is 0 Å². The van der Waals surface area contributed by atoms with E-state index in [9.17, 15) is 10.2 Å². The van der Waals surface area contributed by atoms with Crippen LogP contribution in [0.5, 0.6) is 0 Å². The van der Waals surface area contributed by atoms with Gasteiger partial charge < -0.3 is 10.2 Å². The van der Waals surface area contributed by atoms with Crippen LogP contribution in [-0.2, 0) is 0 Å². The minimum absolute atomic E-state index is 0.616. The summed E-state index contributed by atoms with van der Waals surface area (Å²) in [6.45, 7) is 4.85. The number of likely N-dealkylation sites (N-methyl/N-ethyl adjacent to an activating group) is 1. The van der Waals surface area contributed by atoms with Gasteiger partial charge in [0, 0.05) is 0 Å². The summed E-state index contributed by atoms with van der Waals surface area (Å²) in [5, 5.41) is 21.9. The number of aliphatic hydroxyl groups excluding tert-OH is 2. The van der Waals surface area contributed by atoms with Crippen LogP contribution >= 0.6 is 0 Å². The molecule has 17 heavy (non-hydrogen) atoms. The Labute approximate surface area is 107 Å². The fourth-order valence-corrected chi connectivity index (χ4v) is 1.99. The predicted octanol–water partition coefficient (Wildman–Crippen LogP) is 2.81. The van der Waals surface area contributed by atoms with Crippen molar-refractivity contribution in [1.29, 1.82) is 0 Å². The van der Waals surface area contributed by atoms with Crippen molar-refractivity contribution in [3.63, 3.8) is 0 Å². The second-order valence-corrected chi connectivity index (χ2v) is 4.83. The monoisotopic (exact) mass is 245 g/mol. The van der Waals surface area contributed by atoms with Gasteiger partial charge in [-0.15, -0.1) is 0 Å². The van der Waals surface area contributed by atoms with Gasteiger partial charge in [0.2, 0.25) is 0 Å². The molecule has 0 saturated carbocycles. The lowest BCUT2D eigenvalue weighted by Crippen LogP contribution is -2.39. The molecule has 0 radical (unpaired) electrons. The van der Waals surface area contributed by atoms with Crippen LogP contribution in [0.1, 0.15) is 71.6 Å². The zero-order valence-corrected chi connectivity index (χ0v) is 11.6. The molecule has 0 spiro atoms. The van der Waals surface area contributed by atoms with Gasteiger partial charge in [0.05, 0.1) is 6.10 Å². The molecule has 0 heterocycles. The molecule has 0 aliphatic carbocycles. The lowest BCUT2D eigenvalue weighted by atomic mass is 10.1. The van der Waals surface area contributed by atoms with E-state index in [1.165, 1.54) is 44.9 Å². The highest BCUT2D eigenvalue weighted by molar-refractivity contribution is 4.64. The maximum Gasteiger partial charge on any atom is 0.131 e. The highest BCUT2D eigenvalue weighted by Crippen LogP contribution is 2.11. The lowest BCUT2D eigenvalue weighted by Gasteiger charge is -2.17. The molecule has 0 bridgehead atoms. The van der Waals surface area contributed by atoms with E-state index in [-0.39, 0.29) is 0 Å². The quantitative estimate of drug-likeness (QED) is 0.366. The zero-order chi connectivity index (χ0) is 12.9. The SMILES string of the molecule is CCCCCCCCCCC(O)C(O)NCC. The van der Waals surface area contributed by atoms with E-state index in [0.717, 1.165) is 6.42 Å². The summed E-state index contributed by atoms with van der Waals surface area (Å²) in [7, 11) is 0. The Balaban J connectivity index is 3.21. The first-order chi connectivity index (χ1) is 8.22. The largest absolute Gasteiger partial charge is 0.389 e. The third-order valence-electron chi connectivity index (χ3n) is 3.13. The van der Waals surface area contributed by atoms with E-state index in [0.29, 0.717) is 13.0 Å². The molecule has 0 aromatic heterocycles. The van der Waals surface area contributed by atoms with Gasteiger partial charge in [-0.25, -0.2) is 0 Å². The van der Waals surface area contributed by atoms with Crippen LogP contribution in [0.3, 0.4) is 0 Å². The van der Waals surface area contributed by atoms with E-state index in [4.69, 9.17) is 0 Å². The van der Waals surface area contributed by atoms with Crippen molar-refractivity contribution in [2.45, 2.75) is 84.0 Å². The number of hydrogen-bond acceptors (Lipinski definition) is 3. The summed E-state index contributed by atoms with van der Waals surface area (Å²) in [5.74, 6) is 0. The highest BCUT2D eigenvalue weighted by Gasteiger charge is 2.13. The van der Waals surface area contributed by atoms with Crippen LogP contribution in [0.15, 0.2) is 0 Å². The Morgan fingerprint density at radius 1 is 0.824 bits per heavy atom. The first-order valence-corrected chi connectivity index (χ1v) is 7.31. The molecule has 0 amide bonds. The summed E-state index contributed by atoms with van der Waals surface area (Å²) < 4.78 is 0. The zero-order valence-electron chi connectivity index (χ0n) is 11.6. The van der Waals surface area contributed by atoms with Crippen LogP contribution in [0.2, 0.25) is 0 Å². The van der Waals surface area contributed by atoms with Crippen molar-refractivity contribution >= 4 is 0 Å². The van der Waals surface area contributed by atoms with E-state index >= 15 is 0 Å². The minimum atomic E-state index is -0.760. The molecule has 0 saturated heterocycles. The van der Waals surface area contributed by atoms with Gasteiger partial charge in [-0.2, -0.15) is 0 Å². The molecule has 0 aliphatic rings. The van der Waals surface area contributed by atoms with E-state index in [1.54, 1.807) is 0 Å². The van der Waals surface area contributed by atoms with Crippen molar-refractivity contribution < 1.29 is 10.2 Å². The van der Waals surface area contributed by atoms with E-state index in [2.05, 4.69) is 12.2 Å². The molecular formula is C14H31NO2. The lowest BCUT2D eigenvalue weighted by molar-refractivity contribution is -0.00605. The average Bonchev–Trinajstić information content (AvgIpc) is 2.32. The number of hydrogen-bond donors (Lipinski definition) is 3. The highest BCUT2D eigenvalue weighted by atomic mass is 16.3. The number of rotatable bonds is 12. The molecule has 2 atom stereocenters. The minimum Gasteiger partial charge on any atom is -0.389 e. The molecular weight excluding hydrogens is 214 g/mol. The van der Waals surface area contributed by atoms with Gasteiger partial charge in [0.25, 0.3) is 0 Å². The van der Waals surface area contributed by atoms with Crippen molar-refractivity contribution in [2.75, 3.05) is 6.54 Å². The molecule has 0 aliphatic heterocycles. The predicted molar refractivity (Wildman–Crippen MR) is 72.9 cm³/mol. The number of nitrogens with one attached hydrogen (secondary N) is 1. The molecule has 104 valence electrons.